The van der Waals surface area contributed by atoms with Crippen molar-refractivity contribution in [2.75, 3.05) is 10.2 Å². The van der Waals surface area contributed by atoms with Crippen molar-refractivity contribution in [2.24, 2.45) is 5.92 Å². The Labute approximate surface area is 192 Å². The molecule has 2 N–H and O–H groups in total. The van der Waals surface area contributed by atoms with E-state index in [0.717, 1.165) is 24.2 Å². The summed E-state index contributed by atoms with van der Waals surface area (Å²) in [5, 5.41) is 7.19. The van der Waals surface area contributed by atoms with E-state index in [1.807, 2.05) is 42.0 Å². The van der Waals surface area contributed by atoms with Gasteiger partial charge < -0.3 is 15.2 Å². The topological polar surface area (TPSA) is 88.0 Å². The lowest BCUT2D eigenvalue weighted by molar-refractivity contribution is 0.250. The Bertz CT molecular complexity index is 1140. The second-order valence-corrected chi connectivity index (χ2v) is 9.37. The zero-order valence-electron chi connectivity index (χ0n) is 18.3. The predicted molar refractivity (Wildman–Crippen MR) is 124 cm³/mol. The highest BCUT2D eigenvalue weighted by Gasteiger charge is 2.60. The van der Waals surface area contributed by atoms with Crippen molar-refractivity contribution in [3.05, 3.63) is 59.8 Å². The number of benzene rings is 1. The first-order valence-electron chi connectivity index (χ1n) is 10.9. The number of aromatic nitrogens is 4. The Morgan fingerprint density at radius 2 is 1.91 bits per heavy atom. The molecular weight excluding hydrogens is 426 g/mol. The summed E-state index contributed by atoms with van der Waals surface area (Å²) in [6, 6.07) is 9.26. The average Bonchev–Trinajstić information content (AvgIpc) is 3.22. The summed E-state index contributed by atoms with van der Waals surface area (Å²) in [4.78, 5) is 28.1. The van der Waals surface area contributed by atoms with Gasteiger partial charge in [-0.1, -0.05) is 25.4 Å². The Morgan fingerprint density at radius 3 is 2.59 bits per heavy atom. The smallest absolute Gasteiger partial charge is 0.323 e. The fourth-order valence-electron chi connectivity index (χ4n) is 4.60. The average molecular weight is 452 g/mol. The van der Waals surface area contributed by atoms with Crippen LogP contribution >= 0.6 is 11.6 Å². The van der Waals surface area contributed by atoms with Crippen LogP contribution in [0.1, 0.15) is 45.3 Å². The van der Waals surface area contributed by atoms with Gasteiger partial charge in [0.1, 0.15) is 5.82 Å². The zero-order chi connectivity index (χ0) is 22.5. The molecule has 5 rings (SSSR count). The first-order valence-corrected chi connectivity index (χ1v) is 11.2. The Hall–Kier alpha value is -3.13. The van der Waals surface area contributed by atoms with E-state index in [4.69, 9.17) is 11.6 Å². The lowest BCUT2D eigenvalue weighted by Gasteiger charge is -2.29. The third-order valence-corrected chi connectivity index (χ3v) is 6.50. The van der Waals surface area contributed by atoms with Crippen LogP contribution in [-0.2, 0) is 0 Å². The number of rotatable bonds is 6. The molecule has 166 valence electrons. The van der Waals surface area contributed by atoms with Crippen LogP contribution in [0.25, 0.3) is 5.69 Å². The van der Waals surface area contributed by atoms with Gasteiger partial charge in [0.15, 0.2) is 0 Å². The van der Waals surface area contributed by atoms with Gasteiger partial charge in [-0.25, -0.2) is 14.8 Å². The highest BCUT2D eigenvalue weighted by atomic mass is 35.5. The van der Waals surface area contributed by atoms with E-state index >= 15 is 0 Å². The van der Waals surface area contributed by atoms with E-state index in [0.29, 0.717) is 22.7 Å². The Morgan fingerprint density at radius 1 is 1.16 bits per heavy atom. The molecule has 1 spiro atoms. The number of hydrogen-bond donors (Lipinski definition) is 2. The van der Waals surface area contributed by atoms with Crippen molar-refractivity contribution in [3.63, 3.8) is 0 Å². The van der Waals surface area contributed by atoms with Crippen LogP contribution in [0, 0.1) is 5.92 Å². The van der Waals surface area contributed by atoms with Gasteiger partial charge in [0.2, 0.25) is 5.95 Å². The number of halogens is 1. The van der Waals surface area contributed by atoms with Crippen molar-refractivity contribution >= 4 is 29.4 Å². The molecule has 1 saturated carbocycles. The summed E-state index contributed by atoms with van der Waals surface area (Å²) >= 11 is 5.98. The van der Waals surface area contributed by atoms with Crippen molar-refractivity contribution in [1.82, 2.24) is 24.8 Å². The quantitative estimate of drug-likeness (QED) is 0.572. The van der Waals surface area contributed by atoms with E-state index in [-0.39, 0.29) is 23.7 Å². The Balaban J connectivity index is 1.34. The molecule has 2 fully saturated rings. The first kappa shape index (κ1) is 20.8. The first-order chi connectivity index (χ1) is 15.4. The van der Waals surface area contributed by atoms with Gasteiger partial charge in [0.25, 0.3) is 0 Å². The number of nitrogens with one attached hydrogen (secondary N) is 2. The van der Waals surface area contributed by atoms with Crippen molar-refractivity contribution in [2.45, 2.75) is 51.2 Å². The fraction of sp³-hybridized carbons (Fsp3) is 0.391. The van der Waals surface area contributed by atoms with E-state index in [9.17, 15) is 4.79 Å². The summed E-state index contributed by atoms with van der Waals surface area (Å²) < 4.78 is 1.94. The maximum atomic E-state index is 12.8. The SMILES string of the molecule is CC(C)C1N(c2ccnc(N[C@@H](C)c3cn(-c4ccc(Cl)cc4)cn3)n2)C(=O)NC12CC2. The van der Waals surface area contributed by atoms with Gasteiger partial charge in [0, 0.05) is 23.1 Å². The van der Waals surface area contributed by atoms with Crippen molar-refractivity contribution < 1.29 is 4.79 Å². The molecular formula is C23H26ClN7O. The van der Waals surface area contributed by atoms with Gasteiger partial charge in [0.05, 0.1) is 29.6 Å². The number of nitrogens with zero attached hydrogens (tertiary/aromatic N) is 5. The van der Waals surface area contributed by atoms with Gasteiger partial charge in [-0.15, -0.1) is 0 Å². The second kappa shape index (κ2) is 7.78. The summed E-state index contributed by atoms with van der Waals surface area (Å²) in [7, 11) is 0. The lowest BCUT2D eigenvalue weighted by Crippen LogP contribution is -2.43. The lowest BCUT2D eigenvalue weighted by atomic mass is 9.95. The van der Waals surface area contributed by atoms with Crippen LogP contribution in [0.15, 0.2) is 49.1 Å². The number of anilines is 2. The van der Waals surface area contributed by atoms with Crippen LogP contribution in [0.5, 0.6) is 0 Å². The highest BCUT2D eigenvalue weighted by molar-refractivity contribution is 6.30. The molecule has 32 heavy (non-hydrogen) atoms. The van der Waals surface area contributed by atoms with E-state index < -0.39 is 0 Å². The molecule has 1 aliphatic carbocycles. The maximum absolute atomic E-state index is 12.8. The van der Waals surface area contributed by atoms with E-state index in [1.165, 1.54) is 0 Å². The zero-order valence-corrected chi connectivity index (χ0v) is 19.0. The summed E-state index contributed by atoms with van der Waals surface area (Å²) in [5.41, 5.74) is 1.73. The molecule has 8 nitrogen and oxygen atoms in total. The normalized spacial score (nSPS) is 20.0. The fourth-order valence-corrected chi connectivity index (χ4v) is 4.72. The van der Waals surface area contributed by atoms with E-state index in [1.54, 1.807) is 23.5 Å². The largest absolute Gasteiger partial charge is 0.346 e. The molecule has 1 aromatic carbocycles. The molecule has 2 aromatic heterocycles. The number of urea groups is 1. The molecule has 9 heteroatoms. The predicted octanol–water partition coefficient (Wildman–Crippen LogP) is 4.58. The third-order valence-electron chi connectivity index (χ3n) is 6.24. The summed E-state index contributed by atoms with van der Waals surface area (Å²) in [6.07, 6.45) is 7.45. The minimum atomic E-state index is -0.123. The number of amides is 2. The van der Waals surface area contributed by atoms with Crippen LogP contribution in [0.4, 0.5) is 16.6 Å². The molecule has 3 aromatic rings. The van der Waals surface area contributed by atoms with Gasteiger partial charge in [-0.05, 0) is 56.0 Å². The molecule has 0 bridgehead atoms. The minimum Gasteiger partial charge on any atom is -0.346 e. The third kappa shape index (κ3) is 3.68. The summed E-state index contributed by atoms with van der Waals surface area (Å²) in [5.74, 6) is 1.39. The molecule has 2 amide bonds. The molecule has 0 radical (unpaired) electrons. The maximum Gasteiger partial charge on any atom is 0.323 e. The van der Waals surface area contributed by atoms with Crippen LogP contribution < -0.4 is 15.5 Å². The summed E-state index contributed by atoms with van der Waals surface area (Å²) in [6.45, 7) is 6.30. The number of carbonyl (C=O) groups is 1. The van der Waals surface area contributed by atoms with Gasteiger partial charge >= 0.3 is 6.03 Å². The molecule has 2 aliphatic rings. The van der Waals surface area contributed by atoms with E-state index in [2.05, 4.69) is 39.4 Å². The van der Waals surface area contributed by atoms with Crippen molar-refractivity contribution in [3.8, 4) is 5.69 Å². The minimum absolute atomic E-state index is 0.0828. The molecule has 3 heterocycles. The highest BCUT2D eigenvalue weighted by Crippen LogP contribution is 2.48. The monoisotopic (exact) mass is 451 g/mol. The number of imidazole rings is 1. The Kier molecular flexibility index (Phi) is 5.04. The number of hydrogen-bond acceptors (Lipinski definition) is 5. The molecule has 2 atom stereocenters. The van der Waals surface area contributed by atoms with Crippen LogP contribution in [0.2, 0.25) is 5.02 Å². The number of carbonyl (C=O) groups excluding carboxylic acids is 1. The molecule has 1 unspecified atom stereocenters. The second-order valence-electron chi connectivity index (χ2n) is 8.93. The van der Waals surface area contributed by atoms with Gasteiger partial charge in [-0.2, -0.15) is 4.98 Å². The van der Waals surface area contributed by atoms with Gasteiger partial charge in [-0.3, -0.25) is 4.90 Å². The molecule has 1 aliphatic heterocycles. The van der Waals surface area contributed by atoms with Crippen molar-refractivity contribution in [1.29, 1.82) is 0 Å². The van der Waals surface area contributed by atoms with Crippen LogP contribution in [-0.4, -0.2) is 37.1 Å². The standard InChI is InChI=1S/C23H26ClN7O/c1-14(2)20-23(9-10-23)29-22(32)31(20)19-8-11-25-21(28-19)27-15(3)18-12-30(13-26-18)17-6-4-16(24)5-7-17/h4-8,11-15,20H,9-10H2,1-3H3,(H,29,32)(H,25,27,28)/t15-,20?/m0/s1. The van der Waals surface area contributed by atoms with Crippen LogP contribution in [0.3, 0.4) is 0 Å². The molecule has 1 saturated heterocycles.